The maximum absolute atomic E-state index is 12.0. The van der Waals surface area contributed by atoms with Crippen molar-refractivity contribution in [1.29, 1.82) is 0 Å². The van der Waals surface area contributed by atoms with E-state index in [0.29, 0.717) is 17.9 Å². The summed E-state index contributed by atoms with van der Waals surface area (Å²) in [5.41, 5.74) is 0.272. The molecule has 0 atom stereocenters. The molecule has 0 bridgehead atoms. The van der Waals surface area contributed by atoms with Crippen molar-refractivity contribution in [2.75, 3.05) is 11.9 Å². The van der Waals surface area contributed by atoms with E-state index in [1.165, 1.54) is 54.6 Å². The number of rotatable bonds is 7. The van der Waals surface area contributed by atoms with Crippen LogP contribution in [0.1, 0.15) is 12.5 Å². The first-order valence-electron chi connectivity index (χ1n) is 7.55. The second-order valence-corrected chi connectivity index (χ2v) is 5.04. The molecule has 2 aromatic carbocycles. The normalized spacial score (nSPS) is 10.5. The van der Waals surface area contributed by atoms with Crippen molar-refractivity contribution in [3.8, 4) is 5.75 Å². The van der Waals surface area contributed by atoms with E-state index in [2.05, 4.69) is 5.32 Å². The molecule has 26 heavy (non-hydrogen) atoms. The van der Waals surface area contributed by atoms with Crippen LogP contribution in [0.2, 0.25) is 0 Å². The molecule has 0 aromatic heterocycles. The molecule has 9 heteroatoms. The van der Waals surface area contributed by atoms with Gasteiger partial charge in [-0.1, -0.05) is 0 Å². The lowest BCUT2D eigenvalue weighted by molar-refractivity contribution is -0.384. The number of anilines is 1. The highest BCUT2D eigenvalue weighted by atomic mass is 16.6. The van der Waals surface area contributed by atoms with Crippen LogP contribution in [-0.4, -0.2) is 22.4 Å². The third kappa shape index (κ3) is 4.87. The summed E-state index contributed by atoms with van der Waals surface area (Å²) in [4.78, 5) is 32.6. The molecule has 0 saturated heterocycles. The number of nitrogens with zero attached hydrogens (tertiary/aromatic N) is 2. The Morgan fingerprint density at radius 1 is 1.12 bits per heavy atom. The molecule has 0 saturated carbocycles. The van der Waals surface area contributed by atoms with Gasteiger partial charge in [0, 0.05) is 18.2 Å². The lowest BCUT2D eigenvalue weighted by Crippen LogP contribution is -2.09. The number of carbonyl (C=O) groups excluding carboxylic acids is 1. The summed E-state index contributed by atoms with van der Waals surface area (Å²) in [5, 5.41) is 24.2. The van der Waals surface area contributed by atoms with E-state index in [-0.39, 0.29) is 17.1 Å². The summed E-state index contributed by atoms with van der Waals surface area (Å²) < 4.78 is 5.21. The molecule has 134 valence electrons. The lowest BCUT2D eigenvalue weighted by Gasteiger charge is -2.07. The van der Waals surface area contributed by atoms with Crippen LogP contribution in [0, 0.1) is 20.2 Å². The number of non-ortho nitro benzene ring substituents is 1. The zero-order valence-electron chi connectivity index (χ0n) is 13.7. The maximum Gasteiger partial charge on any atom is 0.296 e. The van der Waals surface area contributed by atoms with Crippen molar-refractivity contribution < 1.29 is 19.4 Å². The molecule has 9 nitrogen and oxygen atoms in total. The quantitative estimate of drug-likeness (QED) is 0.459. The van der Waals surface area contributed by atoms with Crippen molar-refractivity contribution in [1.82, 2.24) is 0 Å². The van der Waals surface area contributed by atoms with Gasteiger partial charge in [-0.3, -0.25) is 25.0 Å². The maximum atomic E-state index is 12.0. The van der Waals surface area contributed by atoms with Crippen LogP contribution in [-0.2, 0) is 4.79 Å². The number of nitrogens with one attached hydrogen (secondary N) is 1. The minimum Gasteiger partial charge on any atom is -0.494 e. The fourth-order valence-electron chi connectivity index (χ4n) is 2.08. The van der Waals surface area contributed by atoms with Crippen molar-refractivity contribution in [3.05, 3.63) is 74.3 Å². The van der Waals surface area contributed by atoms with Gasteiger partial charge in [-0.25, -0.2) is 0 Å². The minimum absolute atomic E-state index is 0.0387. The Hall–Kier alpha value is -3.75. The monoisotopic (exact) mass is 357 g/mol. The fraction of sp³-hybridized carbons (Fsp3) is 0.118. The summed E-state index contributed by atoms with van der Waals surface area (Å²) in [7, 11) is 0. The number of nitro groups is 2. The number of hydrogen-bond donors (Lipinski definition) is 1. The fourth-order valence-corrected chi connectivity index (χ4v) is 2.08. The van der Waals surface area contributed by atoms with E-state index in [0.717, 1.165) is 0 Å². The van der Waals surface area contributed by atoms with Gasteiger partial charge in [0.05, 0.1) is 22.5 Å². The van der Waals surface area contributed by atoms with E-state index in [1.54, 1.807) is 6.92 Å². The molecule has 0 aliphatic carbocycles. The van der Waals surface area contributed by atoms with Gasteiger partial charge in [-0.05, 0) is 42.8 Å². The van der Waals surface area contributed by atoms with Crippen LogP contribution in [0.4, 0.5) is 17.1 Å². The smallest absolute Gasteiger partial charge is 0.296 e. The van der Waals surface area contributed by atoms with E-state index in [1.807, 2.05) is 0 Å². The van der Waals surface area contributed by atoms with Crippen molar-refractivity contribution in [2.45, 2.75) is 6.92 Å². The Balaban J connectivity index is 2.11. The van der Waals surface area contributed by atoms with Gasteiger partial charge in [0.2, 0.25) is 5.91 Å². The summed E-state index contributed by atoms with van der Waals surface area (Å²) in [6.45, 7) is 2.12. The van der Waals surface area contributed by atoms with Crippen LogP contribution < -0.4 is 10.1 Å². The molecule has 0 aliphatic heterocycles. The van der Waals surface area contributed by atoms with Crippen LogP contribution in [0.15, 0.2) is 48.5 Å². The highest BCUT2D eigenvalue weighted by Crippen LogP contribution is 2.29. The number of nitro benzene ring substituents is 2. The molecule has 0 fully saturated rings. The van der Waals surface area contributed by atoms with Gasteiger partial charge in [0.1, 0.15) is 11.4 Å². The topological polar surface area (TPSA) is 125 Å². The summed E-state index contributed by atoms with van der Waals surface area (Å²) >= 11 is 0. The van der Waals surface area contributed by atoms with Gasteiger partial charge in [-0.2, -0.15) is 0 Å². The number of ether oxygens (including phenoxy) is 1. The number of benzene rings is 2. The molecule has 0 unspecified atom stereocenters. The number of carbonyl (C=O) groups is 1. The zero-order valence-corrected chi connectivity index (χ0v) is 13.7. The van der Waals surface area contributed by atoms with Crippen LogP contribution in [0.3, 0.4) is 0 Å². The summed E-state index contributed by atoms with van der Waals surface area (Å²) in [6, 6.07) is 9.75. The number of amides is 1. The van der Waals surface area contributed by atoms with Crippen molar-refractivity contribution in [3.63, 3.8) is 0 Å². The average molecular weight is 357 g/mol. The van der Waals surface area contributed by atoms with Gasteiger partial charge >= 0.3 is 0 Å². The first kappa shape index (κ1) is 18.6. The Morgan fingerprint density at radius 3 is 2.38 bits per heavy atom. The first-order chi connectivity index (χ1) is 12.4. The predicted molar refractivity (Wildman–Crippen MR) is 95.0 cm³/mol. The van der Waals surface area contributed by atoms with Crippen LogP contribution >= 0.6 is 0 Å². The Morgan fingerprint density at radius 2 is 1.81 bits per heavy atom. The molecule has 2 aromatic rings. The van der Waals surface area contributed by atoms with Crippen LogP contribution in [0.5, 0.6) is 5.75 Å². The highest BCUT2D eigenvalue weighted by molar-refractivity contribution is 6.03. The largest absolute Gasteiger partial charge is 0.494 e. The Bertz CT molecular complexity index is 861. The minimum atomic E-state index is -0.613. The summed E-state index contributed by atoms with van der Waals surface area (Å²) in [6.07, 6.45) is 2.63. The molecule has 0 aliphatic rings. The van der Waals surface area contributed by atoms with Gasteiger partial charge < -0.3 is 10.1 Å². The SMILES string of the molecule is CCOc1ccc(NC(=O)/C=C/c2ccc([N+](=O)[O-])cc2)c([N+](=O)[O-])c1. The molecule has 0 radical (unpaired) electrons. The number of hydrogen-bond acceptors (Lipinski definition) is 6. The third-order valence-electron chi connectivity index (χ3n) is 3.27. The molecule has 1 N–H and O–H groups in total. The Labute approximate surface area is 148 Å². The van der Waals surface area contributed by atoms with Gasteiger partial charge in [0.15, 0.2) is 0 Å². The van der Waals surface area contributed by atoms with E-state index in [4.69, 9.17) is 4.74 Å². The Kier molecular flexibility index (Phi) is 5.99. The summed E-state index contributed by atoms with van der Waals surface area (Å²) in [5.74, 6) is -0.241. The molecule has 0 spiro atoms. The van der Waals surface area contributed by atoms with Crippen molar-refractivity contribution >= 4 is 29.0 Å². The second kappa shape index (κ2) is 8.38. The average Bonchev–Trinajstić information content (AvgIpc) is 2.61. The van der Waals surface area contributed by atoms with Crippen molar-refractivity contribution in [2.24, 2.45) is 0 Å². The zero-order chi connectivity index (χ0) is 19.1. The molecular formula is C17H15N3O6. The van der Waals surface area contributed by atoms with Gasteiger partial charge in [0.25, 0.3) is 11.4 Å². The van der Waals surface area contributed by atoms with E-state index >= 15 is 0 Å². The van der Waals surface area contributed by atoms with Crippen LogP contribution in [0.25, 0.3) is 6.08 Å². The van der Waals surface area contributed by atoms with Gasteiger partial charge in [-0.15, -0.1) is 0 Å². The van der Waals surface area contributed by atoms with E-state index < -0.39 is 15.8 Å². The molecule has 1 amide bonds. The molecule has 2 rings (SSSR count). The lowest BCUT2D eigenvalue weighted by atomic mass is 10.2. The predicted octanol–water partition coefficient (Wildman–Crippen LogP) is 3.55. The van der Waals surface area contributed by atoms with E-state index in [9.17, 15) is 25.0 Å². The highest BCUT2D eigenvalue weighted by Gasteiger charge is 2.16. The molecule has 0 heterocycles. The molecular weight excluding hydrogens is 342 g/mol. The first-order valence-corrected chi connectivity index (χ1v) is 7.55. The standard InChI is InChI=1S/C17H15N3O6/c1-2-26-14-8-9-15(16(11-14)20(24)25)18-17(21)10-5-12-3-6-13(7-4-12)19(22)23/h3-11H,2H2,1H3,(H,18,21)/b10-5+. The third-order valence-corrected chi connectivity index (χ3v) is 3.27. The second-order valence-electron chi connectivity index (χ2n) is 5.04.